The summed E-state index contributed by atoms with van der Waals surface area (Å²) in [6.07, 6.45) is 1.19. The van der Waals surface area contributed by atoms with E-state index in [1.54, 1.807) is 0 Å². The van der Waals surface area contributed by atoms with E-state index in [9.17, 15) is 4.79 Å². The van der Waals surface area contributed by atoms with Crippen molar-refractivity contribution in [2.24, 2.45) is 10.9 Å². The van der Waals surface area contributed by atoms with Crippen molar-refractivity contribution in [2.75, 3.05) is 13.1 Å². The van der Waals surface area contributed by atoms with Gasteiger partial charge in [-0.3, -0.25) is 0 Å². The van der Waals surface area contributed by atoms with E-state index in [0.717, 1.165) is 36.4 Å². The summed E-state index contributed by atoms with van der Waals surface area (Å²) >= 11 is 0. The van der Waals surface area contributed by atoms with Crippen LogP contribution in [0, 0.1) is 5.92 Å². The molecule has 0 saturated carbocycles. The summed E-state index contributed by atoms with van der Waals surface area (Å²) in [4.78, 5) is 16.8. The second-order valence-electron chi connectivity index (χ2n) is 8.31. The second kappa shape index (κ2) is 11.7. The third kappa shape index (κ3) is 8.75. The van der Waals surface area contributed by atoms with Gasteiger partial charge in [-0.15, -0.1) is 0 Å². The highest BCUT2D eigenvalue weighted by atomic mass is 16.6. The van der Waals surface area contributed by atoms with Crippen LogP contribution in [0.5, 0.6) is 0 Å². The smallest absolute Gasteiger partial charge is 0.407 e. The first-order valence-corrected chi connectivity index (χ1v) is 10.6. The highest BCUT2D eigenvalue weighted by Crippen LogP contribution is 2.16. The van der Waals surface area contributed by atoms with Crippen LogP contribution >= 0.6 is 0 Å². The Labute approximate surface area is 175 Å². The Morgan fingerprint density at radius 3 is 2.38 bits per heavy atom. The van der Waals surface area contributed by atoms with Crippen LogP contribution < -0.4 is 16.0 Å². The largest absolute Gasteiger partial charge is 0.444 e. The standard InChI is InChI=1S/C21H39N5O3/c1-9-16-15(18(10-2)29-26-16)12-23-19(22-11-3)24-13-17(14(4)5)25-20(27)28-21(6,7)8/h14,17H,9-13H2,1-8H3,(H,25,27)(H2,22,23,24). The van der Waals surface area contributed by atoms with E-state index < -0.39 is 11.7 Å². The molecular weight excluding hydrogens is 370 g/mol. The first-order valence-electron chi connectivity index (χ1n) is 10.6. The molecule has 166 valence electrons. The van der Waals surface area contributed by atoms with Crippen molar-refractivity contribution >= 4 is 12.1 Å². The summed E-state index contributed by atoms with van der Waals surface area (Å²) in [5, 5.41) is 13.7. The normalized spacial score (nSPS) is 13.3. The molecule has 29 heavy (non-hydrogen) atoms. The predicted octanol–water partition coefficient (Wildman–Crippen LogP) is 3.40. The summed E-state index contributed by atoms with van der Waals surface area (Å²) in [7, 11) is 0. The van der Waals surface area contributed by atoms with Crippen molar-refractivity contribution in [3.63, 3.8) is 0 Å². The maximum atomic E-state index is 12.1. The lowest BCUT2D eigenvalue weighted by Gasteiger charge is -2.26. The van der Waals surface area contributed by atoms with Gasteiger partial charge < -0.3 is 25.2 Å². The zero-order valence-corrected chi connectivity index (χ0v) is 19.3. The number of nitrogens with one attached hydrogen (secondary N) is 3. The van der Waals surface area contributed by atoms with Crippen LogP contribution in [0.15, 0.2) is 9.52 Å². The fourth-order valence-electron chi connectivity index (χ4n) is 2.74. The Bertz CT molecular complexity index is 640. The molecule has 8 nitrogen and oxygen atoms in total. The van der Waals surface area contributed by atoms with E-state index in [-0.39, 0.29) is 12.0 Å². The van der Waals surface area contributed by atoms with Gasteiger partial charge >= 0.3 is 6.09 Å². The molecule has 1 aromatic rings. The maximum Gasteiger partial charge on any atom is 0.407 e. The van der Waals surface area contributed by atoms with Gasteiger partial charge in [-0.25, -0.2) is 9.79 Å². The van der Waals surface area contributed by atoms with Gasteiger partial charge in [0.15, 0.2) is 5.96 Å². The quantitative estimate of drug-likeness (QED) is 0.427. The number of nitrogens with zero attached hydrogens (tertiary/aromatic N) is 2. The van der Waals surface area contributed by atoms with Gasteiger partial charge in [0.05, 0.1) is 18.3 Å². The number of hydrogen-bond acceptors (Lipinski definition) is 5. The molecule has 0 aromatic carbocycles. The van der Waals surface area contributed by atoms with Gasteiger partial charge in [0.1, 0.15) is 11.4 Å². The highest BCUT2D eigenvalue weighted by Gasteiger charge is 2.21. The summed E-state index contributed by atoms with van der Waals surface area (Å²) in [5.74, 6) is 1.80. The van der Waals surface area contributed by atoms with Crippen LogP contribution in [0.25, 0.3) is 0 Å². The van der Waals surface area contributed by atoms with Crippen molar-refractivity contribution in [3.05, 3.63) is 17.0 Å². The summed E-state index contributed by atoms with van der Waals surface area (Å²) < 4.78 is 10.8. The zero-order valence-electron chi connectivity index (χ0n) is 19.3. The van der Waals surface area contributed by atoms with Gasteiger partial charge in [-0.1, -0.05) is 32.9 Å². The minimum absolute atomic E-state index is 0.0956. The Morgan fingerprint density at radius 2 is 1.86 bits per heavy atom. The van der Waals surface area contributed by atoms with Gasteiger partial charge in [0.2, 0.25) is 0 Å². The Hall–Kier alpha value is -2.25. The lowest BCUT2D eigenvalue weighted by molar-refractivity contribution is 0.0491. The number of aryl methyl sites for hydroxylation is 2. The van der Waals surface area contributed by atoms with Crippen LogP contribution in [0.4, 0.5) is 4.79 Å². The number of hydrogen-bond donors (Lipinski definition) is 3. The number of rotatable bonds is 9. The molecule has 8 heteroatoms. The number of alkyl carbamates (subject to hydrolysis) is 1. The van der Waals surface area contributed by atoms with Crippen molar-refractivity contribution in [2.45, 2.75) is 86.4 Å². The number of ether oxygens (including phenoxy) is 1. The minimum Gasteiger partial charge on any atom is -0.444 e. The number of aliphatic imine (C=N–C) groups is 1. The molecular formula is C21H39N5O3. The molecule has 0 bridgehead atoms. The lowest BCUT2D eigenvalue weighted by Crippen LogP contribution is -2.50. The summed E-state index contributed by atoms with van der Waals surface area (Å²) in [6, 6.07) is -0.0956. The molecule has 1 heterocycles. The number of guanidine groups is 1. The SMILES string of the molecule is CCNC(=NCc1c(CC)noc1CC)NCC(NC(=O)OC(C)(C)C)C(C)C. The van der Waals surface area contributed by atoms with Crippen LogP contribution in [0.2, 0.25) is 0 Å². The minimum atomic E-state index is -0.526. The molecule has 1 atom stereocenters. The van der Waals surface area contributed by atoms with E-state index in [1.165, 1.54) is 0 Å². The first kappa shape index (κ1) is 24.8. The zero-order chi connectivity index (χ0) is 22.0. The molecule has 0 aliphatic carbocycles. The molecule has 1 unspecified atom stereocenters. The lowest BCUT2D eigenvalue weighted by atomic mass is 10.0. The van der Waals surface area contributed by atoms with E-state index in [4.69, 9.17) is 14.3 Å². The molecule has 0 spiro atoms. The Kier molecular flexibility index (Phi) is 9.98. The fourth-order valence-corrected chi connectivity index (χ4v) is 2.74. The Balaban J connectivity index is 2.79. The van der Waals surface area contributed by atoms with Crippen molar-refractivity contribution in [1.29, 1.82) is 0 Å². The third-order valence-electron chi connectivity index (χ3n) is 4.34. The summed E-state index contributed by atoms with van der Waals surface area (Å²) in [6.45, 7) is 17.6. The van der Waals surface area contributed by atoms with Crippen molar-refractivity contribution in [1.82, 2.24) is 21.1 Å². The third-order valence-corrected chi connectivity index (χ3v) is 4.34. The van der Waals surface area contributed by atoms with Crippen LogP contribution in [-0.2, 0) is 24.1 Å². The van der Waals surface area contributed by atoms with Crippen LogP contribution in [-0.4, -0.2) is 41.9 Å². The molecule has 0 fully saturated rings. The van der Waals surface area contributed by atoms with Gasteiger partial charge in [0.25, 0.3) is 0 Å². The van der Waals surface area contributed by atoms with Gasteiger partial charge in [-0.05, 0) is 40.0 Å². The van der Waals surface area contributed by atoms with Crippen LogP contribution in [0.3, 0.4) is 0 Å². The van der Waals surface area contributed by atoms with Gasteiger partial charge in [-0.2, -0.15) is 0 Å². The number of aromatic nitrogens is 1. The van der Waals surface area contributed by atoms with E-state index in [2.05, 4.69) is 41.9 Å². The number of carbonyl (C=O) groups excluding carboxylic acids is 1. The number of carbonyl (C=O) groups is 1. The molecule has 1 amide bonds. The molecule has 0 aliphatic heterocycles. The second-order valence-corrected chi connectivity index (χ2v) is 8.31. The molecule has 1 rings (SSSR count). The van der Waals surface area contributed by atoms with Crippen molar-refractivity contribution in [3.8, 4) is 0 Å². The topological polar surface area (TPSA) is 101 Å². The van der Waals surface area contributed by atoms with Crippen LogP contribution in [0.1, 0.15) is 72.4 Å². The highest BCUT2D eigenvalue weighted by molar-refractivity contribution is 5.80. The molecule has 3 N–H and O–H groups in total. The average molecular weight is 410 g/mol. The number of amides is 1. The predicted molar refractivity (Wildman–Crippen MR) is 116 cm³/mol. The average Bonchev–Trinajstić information content (AvgIpc) is 3.02. The molecule has 0 aliphatic rings. The monoisotopic (exact) mass is 409 g/mol. The van der Waals surface area contributed by atoms with Gasteiger partial charge in [0, 0.05) is 25.1 Å². The summed E-state index contributed by atoms with van der Waals surface area (Å²) in [5.41, 5.74) is 1.48. The first-order chi connectivity index (χ1) is 13.6. The van der Waals surface area contributed by atoms with E-state index in [0.29, 0.717) is 19.0 Å². The van der Waals surface area contributed by atoms with E-state index in [1.807, 2.05) is 34.6 Å². The van der Waals surface area contributed by atoms with Crippen molar-refractivity contribution < 1.29 is 14.1 Å². The molecule has 0 radical (unpaired) electrons. The fraction of sp³-hybridized carbons (Fsp3) is 0.762. The maximum absolute atomic E-state index is 12.1. The Morgan fingerprint density at radius 1 is 1.17 bits per heavy atom. The van der Waals surface area contributed by atoms with E-state index >= 15 is 0 Å². The molecule has 0 saturated heterocycles. The molecule has 1 aromatic heterocycles.